The minimum Gasteiger partial charge on any atom is -0.357 e. The van der Waals surface area contributed by atoms with Crippen LogP contribution in [0.15, 0.2) is 59.6 Å². The van der Waals surface area contributed by atoms with Crippen LogP contribution in [0.25, 0.3) is 0 Å². The van der Waals surface area contributed by atoms with Crippen molar-refractivity contribution in [3.63, 3.8) is 0 Å². The molecule has 2 rings (SSSR count). The van der Waals surface area contributed by atoms with Gasteiger partial charge < -0.3 is 10.6 Å². The lowest BCUT2D eigenvalue weighted by atomic mass is 10.1. The van der Waals surface area contributed by atoms with E-state index in [1.165, 1.54) is 12.1 Å². The summed E-state index contributed by atoms with van der Waals surface area (Å²) in [7, 11) is -3.48. The van der Waals surface area contributed by atoms with Gasteiger partial charge in [-0.25, -0.2) is 18.1 Å². The summed E-state index contributed by atoms with van der Waals surface area (Å²) in [5, 5.41) is 5.90. The average Bonchev–Trinajstić information content (AvgIpc) is 2.71. The minimum absolute atomic E-state index is 0.128. The molecule has 0 atom stereocenters. The van der Waals surface area contributed by atoms with Crippen molar-refractivity contribution >= 4 is 16.0 Å². The van der Waals surface area contributed by atoms with Crippen LogP contribution in [0.3, 0.4) is 0 Å². The number of nitrogens with zero attached hydrogens (tertiary/aromatic N) is 1. The van der Waals surface area contributed by atoms with Crippen LogP contribution < -0.4 is 15.4 Å². The molecule has 0 amide bonds. The number of aliphatic imine (C=N–C) groups is 1. The molecule has 3 N–H and O–H groups in total. The van der Waals surface area contributed by atoms with Gasteiger partial charge >= 0.3 is 6.18 Å². The summed E-state index contributed by atoms with van der Waals surface area (Å²) >= 11 is 0. The molecule has 2 aromatic rings. The van der Waals surface area contributed by atoms with Crippen LogP contribution >= 0.6 is 0 Å². The van der Waals surface area contributed by atoms with Crippen LogP contribution in [0.2, 0.25) is 0 Å². The molecule has 6 nitrogen and oxygen atoms in total. The molecule has 0 spiro atoms. The van der Waals surface area contributed by atoms with Gasteiger partial charge in [0.2, 0.25) is 10.0 Å². The van der Waals surface area contributed by atoms with Crippen molar-refractivity contribution in [2.24, 2.45) is 4.99 Å². The van der Waals surface area contributed by atoms with Gasteiger partial charge in [-0.1, -0.05) is 42.5 Å². The highest BCUT2D eigenvalue weighted by Gasteiger charge is 2.29. The largest absolute Gasteiger partial charge is 0.416 e. The Morgan fingerprint density at radius 1 is 0.967 bits per heavy atom. The standard InChI is InChI=1S/C20H25F3N4O2S/c1-2-24-19(26-14-17-8-10-18(11-9-17)20(21,22)23)25-12-13-30(28,29)27-15-16-6-4-3-5-7-16/h3-11,27H,2,12-15H2,1H3,(H2,24,25,26). The summed E-state index contributed by atoms with van der Waals surface area (Å²) in [5.41, 5.74) is 0.756. The fourth-order valence-corrected chi connectivity index (χ4v) is 3.38. The van der Waals surface area contributed by atoms with Crippen LogP contribution in [0.1, 0.15) is 23.6 Å². The molecule has 2 aromatic carbocycles. The first-order valence-corrected chi connectivity index (χ1v) is 11.0. The smallest absolute Gasteiger partial charge is 0.357 e. The molecule has 0 fully saturated rings. The number of sulfonamides is 1. The average molecular weight is 443 g/mol. The Balaban J connectivity index is 1.85. The van der Waals surface area contributed by atoms with E-state index in [-0.39, 0.29) is 25.4 Å². The van der Waals surface area contributed by atoms with Crippen LogP contribution in [0.5, 0.6) is 0 Å². The predicted molar refractivity (Wildman–Crippen MR) is 111 cm³/mol. The van der Waals surface area contributed by atoms with Gasteiger partial charge in [-0.2, -0.15) is 13.2 Å². The van der Waals surface area contributed by atoms with Crippen molar-refractivity contribution in [2.45, 2.75) is 26.2 Å². The maximum absolute atomic E-state index is 12.6. The first-order valence-electron chi connectivity index (χ1n) is 9.39. The van der Waals surface area contributed by atoms with Crippen molar-refractivity contribution in [3.8, 4) is 0 Å². The first-order chi connectivity index (χ1) is 14.2. The number of hydrogen-bond acceptors (Lipinski definition) is 3. The van der Waals surface area contributed by atoms with Crippen molar-refractivity contribution in [2.75, 3.05) is 18.8 Å². The van der Waals surface area contributed by atoms with E-state index in [9.17, 15) is 21.6 Å². The van der Waals surface area contributed by atoms with Gasteiger partial charge in [0.1, 0.15) is 0 Å². The van der Waals surface area contributed by atoms with Crippen LogP contribution in [0, 0.1) is 0 Å². The van der Waals surface area contributed by atoms with E-state index in [0.29, 0.717) is 18.1 Å². The molecule has 0 heterocycles. The normalized spacial score (nSPS) is 12.6. The summed E-state index contributed by atoms with van der Waals surface area (Å²) in [6.45, 7) is 2.91. The lowest BCUT2D eigenvalue weighted by molar-refractivity contribution is -0.137. The summed E-state index contributed by atoms with van der Waals surface area (Å²) in [6.07, 6.45) is -4.38. The molecule has 30 heavy (non-hydrogen) atoms. The van der Waals surface area contributed by atoms with Gasteiger partial charge in [0.15, 0.2) is 5.96 Å². The van der Waals surface area contributed by atoms with E-state index in [4.69, 9.17) is 0 Å². The Labute approximate surface area is 174 Å². The minimum atomic E-state index is -4.38. The summed E-state index contributed by atoms with van der Waals surface area (Å²) in [4.78, 5) is 4.29. The maximum Gasteiger partial charge on any atom is 0.416 e. The maximum atomic E-state index is 12.6. The number of rotatable bonds is 9. The lowest BCUT2D eigenvalue weighted by Crippen LogP contribution is -2.41. The second kappa shape index (κ2) is 11.0. The van der Waals surface area contributed by atoms with Crippen molar-refractivity contribution < 1.29 is 21.6 Å². The van der Waals surface area contributed by atoms with Crippen molar-refractivity contribution in [1.29, 1.82) is 0 Å². The molecule has 0 saturated carbocycles. The van der Waals surface area contributed by atoms with E-state index >= 15 is 0 Å². The van der Waals surface area contributed by atoms with E-state index in [0.717, 1.165) is 17.7 Å². The van der Waals surface area contributed by atoms with Crippen molar-refractivity contribution in [3.05, 3.63) is 71.3 Å². The van der Waals surface area contributed by atoms with Crippen LogP contribution in [0.4, 0.5) is 13.2 Å². The zero-order valence-electron chi connectivity index (χ0n) is 16.5. The SMILES string of the molecule is CCNC(=NCc1ccc(C(F)(F)F)cc1)NCCS(=O)(=O)NCc1ccccc1. The highest BCUT2D eigenvalue weighted by Crippen LogP contribution is 2.29. The van der Waals surface area contributed by atoms with Gasteiger partial charge in [-0.15, -0.1) is 0 Å². The van der Waals surface area contributed by atoms with E-state index in [1.54, 1.807) is 0 Å². The van der Waals surface area contributed by atoms with Crippen LogP contribution in [-0.2, 0) is 29.3 Å². The molecule has 10 heteroatoms. The molecule has 0 aliphatic carbocycles. The molecule has 0 aliphatic rings. The highest BCUT2D eigenvalue weighted by atomic mass is 32.2. The molecule has 0 saturated heterocycles. The third-order valence-corrected chi connectivity index (χ3v) is 5.37. The van der Waals surface area contributed by atoms with Gasteiger partial charge in [-0.05, 0) is 30.2 Å². The number of halogens is 3. The second-order valence-electron chi connectivity index (χ2n) is 6.44. The Bertz CT molecular complexity index is 915. The molecule has 0 radical (unpaired) electrons. The summed E-state index contributed by atoms with van der Waals surface area (Å²) in [6, 6.07) is 13.9. The molecule has 164 valence electrons. The molecule has 0 aromatic heterocycles. The summed E-state index contributed by atoms with van der Waals surface area (Å²) < 4.78 is 64.7. The van der Waals surface area contributed by atoms with E-state index in [1.807, 2.05) is 37.3 Å². The zero-order chi connectivity index (χ0) is 22.0. The van der Waals surface area contributed by atoms with Gasteiger partial charge in [0, 0.05) is 19.6 Å². The fraction of sp³-hybridized carbons (Fsp3) is 0.350. The molecule has 0 bridgehead atoms. The number of guanidine groups is 1. The highest BCUT2D eigenvalue weighted by molar-refractivity contribution is 7.89. The van der Waals surface area contributed by atoms with E-state index < -0.39 is 21.8 Å². The quantitative estimate of drug-likeness (QED) is 0.412. The Hall–Kier alpha value is -2.59. The van der Waals surface area contributed by atoms with Crippen molar-refractivity contribution in [1.82, 2.24) is 15.4 Å². The molecule has 0 unspecified atom stereocenters. The van der Waals surface area contributed by atoms with Gasteiger partial charge in [-0.3, -0.25) is 0 Å². The molecular formula is C20H25F3N4O2S. The first kappa shape index (κ1) is 23.7. The number of hydrogen-bond donors (Lipinski definition) is 3. The third kappa shape index (κ3) is 8.42. The third-order valence-electron chi connectivity index (χ3n) is 4.05. The summed E-state index contributed by atoms with van der Waals surface area (Å²) in [5.74, 6) is 0.237. The Morgan fingerprint density at radius 3 is 2.23 bits per heavy atom. The fourth-order valence-electron chi connectivity index (χ4n) is 2.48. The monoisotopic (exact) mass is 442 g/mol. The molecule has 0 aliphatic heterocycles. The lowest BCUT2D eigenvalue weighted by Gasteiger charge is -2.12. The number of nitrogens with one attached hydrogen (secondary N) is 3. The predicted octanol–water partition coefficient (Wildman–Crippen LogP) is 2.88. The van der Waals surface area contributed by atoms with Gasteiger partial charge in [0.25, 0.3) is 0 Å². The van der Waals surface area contributed by atoms with Crippen LogP contribution in [-0.4, -0.2) is 33.2 Å². The second-order valence-corrected chi connectivity index (χ2v) is 8.37. The zero-order valence-corrected chi connectivity index (χ0v) is 17.4. The topological polar surface area (TPSA) is 82.6 Å². The van der Waals surface area contributed by atoms with E-state index in [2.05, 4.69) is 20.3 Å². The Kier molecular flexibility index (Phi) is 8.67. The van der Waals surface area contributed by atoms with Gasteiger partial charge in [0.05, 0.1) is 17.9 Å². The molecular weight excluding hydrogens is 417 g/mol. The number of alkyl halides is 3. The Morgan fingerprint density at radius 2 is 1.63 bits per heavy atom. The number of benzene rings is 2.